The number of H-pyrrole nitrogens is 1. The summed E-state index contributed by atoms with van der Waals surface area (Å²) in [6.07, 6.45) is 0. The SMILES string of the molecule is CC(C)c1ccc2oc(Nc3cccc(-c4ccc(=O)[nH]n4)c3)nc2c1. The lowest BCUT2D eigenvalue weighted by Crippen LogP contribution is -2.05. The molecular weight excluding hydrogens is 328 g/mol. The zero-order chi connectivity index (χ0) is 18.1. The molecular formula is C20H18N4O2. The van der Waals surface area contributed by atoms with Gasteiger partial charge in [-0.2, -0.15) is 10.1 Å². The molecule has 0 amide bonds. The summed E-state index contributed by atoms with van der Waals surface area (Å²) in [5.41, 5.74) is 4.97. The van der Waals surface area contributed by atoms with Gasteiger partial charge in [0.25, 0.3) is 11.6 Å². The van der Waals surface area contributed by atoms with Crippen LogP contribution < -0.4 is 10.9 Å². The van der Waals surface area contributed by atoms with Crippen molar-refractivity contribution >= 4 is 22.8 Å². The van der Waals surface area contributed by atoms with Crippen molar-refractivity contribution in [2.24, 2.45) is 0 Å². The molecule has 0 radical (unpaired) electrons. The molecule has 2 aromatic carbocycles. The van der Waals surface area contributed by atoms with Gasteiger partial charge in [-0.25, -0.2) is 5.10 Å². The summed E-state index contributed by atoms with van der Waals surface area (Å²) in [6, 6.07) is 17.3. The van der Waals surface area contributed by atoms with Gasteiger partial charge in [0.2, 0.25) is 0 Å². The van der Waals surface area contributed by atoms with Crippen LogP contribution in [0.5, 0.6) is 0 Å². The lowest BCUT2D eigenvalue weighted by atomic mass is 10.0. The molecule has 0 aliphatic heterocycles. The van der Waals surface area contributed by atoms with E-state index in [0.29, 0.717) is 17.6 Å². The van der Waals surface area contributed by atoms with E-state index in [1.54, 1.807) is 6.07 Å². The lowest BCUT2D eigenvalue weighted by molar-refractivity contribution is 0.623. The number of nitrogens with zero attached hydrogens (tertiary/aromatic N) is 2. The standard InChI is InChI=1S/C20H18N4O2/c1-12(2)13-6-8-18-17(11-13)22-20(26-18)21-15-5-3-4-14(10-15)16-7-9-19(25)24-23-16/h3-12H,1-2H3,(H,21,22)(H,24,25). The average Bonchev–Trinajstić information content (AvgIpc) is 3.03. The number of oxazole rings is 1. The predicted molar refractivity (Wildman–Crippen MR) is 102 cm³/mol. The number of rotatable bonds is 4. The first-order valence-corrected chi connectivity index (χ1v) is 8.42. The summed E-state index contributed by atoms with van der Waals surface area (Å²) in [5.74, 6) is 0.439. The minimum absolute atomic E-state index is 0.227. The Morgan fingerprint density at radius 2 is 1.96 bits per heavy atom. The van der Waals surface area contributed by atoms with E-state index in [4.69, 9.17) is 4.42 Å². The van der Waals surface area contributed by atoms with Crippen molar-refractivity contribution in [1.29, 1.82) is 0 Å². The molecule has 0 saturated heterocycles. The van der Waals surface area contributed by atoms with Crippen LogP contribution in [-0.4, -0.2) is 15.2 Å². The van der Waals surface area contributed by atoms with Crippen LogP contribution in [0.25, 0.3) is 22.4 Å². The van der Waals surface area contributed by atoms with Crippen LogP contribution in [0.2, 0.25) is 0 Å². The summed E-state index contributed by atoms with van der Waals surface area (Å²) in [7, 11) is 0. The van der Waals surface area contributed by atoms with E-state index in [9.17, 15) is 4.79 Å². The second kappa shape index (κ2) is 6.48. The molecule has 0 atom stereocenters. The number of hydrogen-bond donors (Lipinski definition) is 2. The molecule has 0 saturated carbocycles. The van der Waals surface area contributed by atoms with Gasteiger partial charge < -0.3 is 9.73 Å². The maximum absolute atomic E-state index is 11.2. The first-order chi connectivity index (χ1) is 12.6. The number of aromatic amines is 1. The van der Waals surface area contributed by atoms with Crippen molar-refractivity contribution in [1.82, 2.24) is 15.2 Å². The molecule has 0 bridgehead atoms. The van der Waals surface area contributed by atoms with Gasteiger partial charge in [0, 0.05) is 17.3 Å². The summed E-state index contributed by atoms with van der Waals surface area (Å²) >= 11 is 0. The molecule has 2 N–H and O–H groups in total. The third-order valence-electron chi connectivity index (χ3n) is 4.17. The van der Waals surface area contributed by atoms with E-state index in [2.05, 4.69) is 46.5 Å². The Balaban J connectivity index is 1.63. The normalized spacial score (nSPS) is 11.2. The van der Waals surface area contributed by atoms with E-state index in [0.717, 1.165) is 22.4 Å². The maximum Gasteiger partial charge on any atom is 0.300 e. The second-order valence-corrected chi connectivity index (χ2v) is 6.41. The number of aromatic nitrogens is 3. The van der Waals surface area contributed by atoms with E-state index in [1.165, 1.54) is 11.6 Å². The molecule has 4 aromatic rings. The number of anilines is 2. The predicted octanol–water partition coefficient (Wildman–Crippen LogP) is 4.45. The smallest absolute Gasteiger partial charge is 0.300 e. The molecule has 2 heterocycles. The van der Waals surface area contributed by atoms with Crippen LogP contribution in [0.1, 0.15) is 25.3 Å². The van der Waals surface area contributed by atoms with Gasteiger partial charge >= 0.3 is 0 Å². The van der Waals surface area contributed by atoms with Crippen molar-refractivity contribution in [2.75, 3.05) is 5.32 Å². The zero-order valence-corrected chi connectivity index (χ0v) is 14.5. The highest BCUT2D eigenvalue weighted by molar-refractivity contribution is 5.76. The minimum atomic E-state index is -0.227. The number of hydrogen-bond acceptors (Lipinski definition) is 5. The lowest BCUT2D eigenvalue weighted by Gasteiger charge is -2.04. The highest BCUT2D eigenvalue weighted by Crippen LogP contribution is 2.27. The molecule has 4 rings (SSSR count). The molecule has 130 valence electrons. The van der Waals surface area contributed by atoms with Crippen LogP contribution in [0.4, 0.5) is 11.7 Å². The van der Waals surface area contributed by atoms with Gasteiger partial charge in [-0.05, 0) is 41.8 Å². The van der Waals surface area contributed by atoms with Crippen molar-refractivity contribution < 1.29 is 4.42 Å². The molecule has 0 spiro atoms. The van der Waals surface area contributed by atoms with Crippen molar-refractivity contribution in [2.45, 2.75) is 19.8 Å². The largest absolute Gasteiger partial charge is 0.423 e. The molecule has 6 nitrogen and oxygen atoms in total. The molecule has 0 fully saturated rings. The number of benzene rings is 2. The van der Waals surface area contributed by atoms with Crippen LogP contribution in [0.15, 0.2) is 63.8 Å². The fourth-order valence-corrected chi connectivity index (χ4v) is 2.74. The first kappa shape index (κ1) is 16.1. The summed E-state index contributed by atoms with van der Waals surface area (Å²) in [6.45, 7) is 4.30. The Kier molecular flexibility index (Phi) is 4.01. The van der Waals surface area contributed by atoms with E-state index < -0.39 is 0 Å². The summed E-state index contributed by atoms with van der Waals surface area (Å²) in [5, 5.41) is 9.68. The van der Waals surface area contributed by atoms with Gasteiger partial charge in [-0.15, -0.1) is 0 Å². The van der Waals surface area contributed by atoms with Crippen LogP contribution >= 0.6 is 0 Å². The van der Waals surface area contributed by atoms with E-state index >= 15 is 0 Å². The van der Waals surface area contributed by atoms with Gasteiger partial charge in [0.05, 0.1) is 5.69 Å². The summed E-state index contributed by atoms with van der Waals surface area (Å²) in [4.78, 5) is 15.7. The number of nitrogens with one attached hydrogen (secondary N) is 2. The monoisotopic (exact) mass is 346 g/mol. The molecule has 2 aromatic heterocycles. The van der Waals surface area contributed by atoms with Crippen LogP contribution in [-0.2, 0) is 0 Å². The molecule has 0 aliphatic rings. The molecule has 6 heteroatoms. The Hall–Kier alpha value is -3.41. The zero-order valence-electron chi connectivity index (χ0n) is 14.5. The fourth-order valence-electron chi connectivity index (χ4n) is 2.74. The Bertz CT molecular complexity index is 1110. The first-order valence-electron chi connectivity index (χ1n) is 8.42. The van der Waals surface area contributed by atoms with E-state index in [1.807, 2.05) is 30.3 Å². The van der Waals surface area contributed by atoms with Gasteiger partial charge in [-0.3, -0.25) is 4.79 Å². The Morgan fingerprint density at radius 3 is 2.73 bits per heavy atom. The quantitative estimate of drug-likeness (QED) is 0.570. The second-order valence-electron chi connectivity index (χ2n) is 6.41. The Labute approximate surface area is 149 Å². The molecule has 0 aliphatic carbocycles. The molecule has 26 heavy (non-hydrogen) atoms. The van der Waals surface area contributed by atoms with E-state index in [-0.39, 0.29) is 5.56 Å². The van der Waals surface area contributed by atoms with Gasteiger partial charge in [0.1, 0.15) is 5.52 Å². The topological polar surface area (TPSA) is 83.8 Å². The average molecular weight is 346 g/mol. The third kappa shape index (κ3) is 3.21. The van der Waals surface area contributed by atoms with Gasteiger partial charge in [-0.1, -0.05) is 32.0 Å². The molecule has 0 unspecified atom stereocenters. The maximum atomic E-state index is 11.2. The summed E-state index contributed by atoms with van der Waals surface area (Å²) < 4.78 is 5.78. The van der Waals surface area contributed by atoms with Crippen molar-refractivity contribution in [3.63, 3.8) is 0 Å². The van der Waals surface area contributed by atoms with Gasteiger partial charge in [0.15, 0.2) is 5.58 Å². The van der Waals surface area contributed by atoms with Crippen molar-refractivity contribution in [3.8, 4) is 11.3 Å². The highest BCUT2D eigenvalue weighted by Gasteiger charge is 2.09. The minimum Gasteiger partial charge on any atom is -0.423 e. The third-order valence-corrected chi connectivity index (χ3v) is 4.17. The number of fused-ring (bicyclic) bond motifs is 1. The highest BCUT2D eigenvalue weighted by atomic mass is 16.4. The van der Waals surface area contributed by atoms with Crippen LogP contribution in [0.3, 0.4) is 0 Å². The van der Waals surface area contributed by atoms with Crippen molar-refractivity contribution in [3.05, 3.63) is 70.5 Å². The fraction of sp³-hybridized carbons (Fsp3) is 0.150. The van der Waals surface area contributed by atoms with Crippen LogP contribution in [0, 0.1) is 0 Å². The Morgan fingerprint density at radius 1 is 1.08 bits per heavy atom.